The van der Waals surface area contributed by atoms with Crippen LogP contribution in [-0.2, 0) is 23.9 Å². The van der Waals surface area contributed by atoms with Crippen molar-refractivity contribution in [2.24, 2.45) is 51.8 Å². The summed E-state index contributed by atoms with van der Waals surface area (Å²) in [6.07, 6.45) is 9.15. The van der Waals surface area contributed by atoms with Crippen molar-refractivity contribution in [3.05, 3.63) is 0 Å². The Morgan fingerprint density at radius 1 is 1.00 bits per heavy atom. The Balaban J connectivity index is 1.23. The average Bonchev–Trinajstić information content (AvgIpc) is 3.31. The third-order valence-electron chi connectivity index (χ3n) is 13.7. The summed E-state index contributed by atoms with van der Waals surface area (Å²) in [5.41, 5.74) is -0.756. The minimum atomic E-state index is -0.484. The first-order chi connectivity index (χ1) is 20.2. The zero-order chi connectivity index (χ0) is 31.3. The Kier molecular flexibility index (Phi) is 9.47. The summed E-state index contributed by atoms with van der Waals surface area (Å²) >= 11 is 0. The van der Waals surface area contributed by atoms with E-state index in [4.69, 9.17) is 9.47 Å². The zero-order valence-electron chi connectivity index (χ0n) is 27.6. The lowest BCUT2D eigenvalue weighted by molar-refractivity contribution is -0.210. The number of Topliss-reactive ketones (excluding diaryl/α,β-unsaturated/α-hetero) is 1. The van der Waals surface area contributed by atoms with Crippen molar-refractivity contribution in [1.29, 1.82) is 0 Å². The largest absolute Gasteiger partial charge is 0.462 e. The fraction of sp³-hybridized carbons (Fsp3) is 0.917. The van der Waals surface area contributed by atoms with Crippen LogP contribution < -0.4 is 0 Å². The minimum Gasteiger partial charge on any atom is -0.462 e. The molecule has 244 valence electrons. The van der Waals surface area contributed by atoms with Crippen LogP contribution in [0.15, 0.2) is 0 Å². The first-order valence-corrected chi connectivity index (χ1v) is 17.5. The first-order valence-electron chi connectivity index (χ1n) is 17.5. The van der Waals surface area contributed by atoms with Crippen molar-refractivity contribution in [2.75, 3.05) is 0 Å². The molecular weight excluding hydrogens is 544 g/mol. The minimum absolute atomic E-state index is 0.0172. The molecule has 5 saturated carbocycles. The van der Waals surface area contributed by atoms with Crippen LogP contribution in [0, 0.1) is 51.8 Å². The Morgan fingerprint density at radius 3 is 2.44 bits per heavy atom. The molecule has 0 amide bonds. The number of aliphatic hydroxyl groups excluding tert-OH is 2. The number of fused-ring (bicyclic) bond motifs is 5. The highest BCUT2D eigenvalue weighted by atomic mass is 16.5. The molecule has 7 nitrogen and oxygen atoms in total. The predicted octanol–water partition coefficient (Wildman–Crippen LogP) is 6.41. The molecule has 8 unspecified atom stereocenters. The van der Waals surface area contributed by atoms with Crippen molar-refractivity contribution >= 4 is 17.7 Å². The van der Waals surface area contributed by atoms with Gasteiger partial charge in [-0.15, -0.1) is 0 Å². The van der Waals surface area contributed by atoms with Crippen LogP contribution in [0.5, 0.6) is 0 Å². The summed E-state index contributed by atoms with van der Waals surface area (Å²) in [6.45, 7) is 12.8. The maximum Gasteiger partial charge on any atom is 0.311 e. The molecule has 5 aliphatic carbocycles. The van der Waals surface area contributed by atoms with Gasteiger partial charge in [-0.2, -0.15) is 0 Å². The molecule has 0 bridgehead atoms. The number of ketones is 1. The van der Waals surface area contributed by atoms with E-state index in [-0.39, 0.29) is 76.3 Å². The van der Waals surface area contributed by atoms with Gasteiger partial charge in [0.2, 0.25) is 0 Å². The number of ether oxygens (including phenoxy) is 2. The van der Waals surface area contributed by atoms with Crippen LogP contribution in [0.25, 0.3) is 0 Å². The van der Waals surface area contributed by atoms with Gasteiger partial charge < -0.3 is 19.7 Å². The van der Waals surface area contributed by atoms with Gasteiger partial charge in [-0.1, -0.05) is 27.7 Å². The number of carbonyl (C=O) groups is 3. The molecule has 0 spiro atoms. The molecule has 5 fully saturated rings. The molecule has 0 aromatic heterocycles. The van der Waals surface area contributed by atoms with Crippen molar-refractivity contribution < 1.29 is 34.1 Å². The molecule has 7 heteroatoms. The highest BCUT2D eigenvalue weighted by molar-refractivity contribution is 5.80. The van der Waals surface area contributed by atoms with E-state index >= 15 is 0 Å². The summed E-state index contributed by atoms with van der Waals surface area (Å²) in [5, 5.41) is 23.7. The van der Waals surface area contributed by atoms with Crippen molar-refractivity contribution in [1.82, 2.24) is 0 Å². The molecule has 0 aromatic carbocycles. The van der Waals surface area contributed by atoms with Gasteiger partial charge in [0.1, 0.15) is 18.0 Å². The third kappa shape index (κ3) is 6.07. The second-order valence-corrected chi connectivity index (χ2v) is 16.4. The third-order valence-corrected chi connectivity index (χ3v) is 13.7. The van der Waals surface area contributed by atoms with Gasteiger partial charge in [0.15, 0.2) is 0 Å². The highest BCUT2D eigenvalue weighted by Gasteiger charge is 2.66. The van der Waals surface area contributed by atoms with Crippen LogP contribution in [-0.4, -0.2) is 52.4 Å². The SMILES string of the molecule is CCC(C)(C)C(=O)O[C@H]1CC[C@@]2(C)C(CC(O)C3C2C[C@H](O)[C@]2(C)C(C(C)CCC(=O)OC4CCCC(=O)C4)CCC32)C1. The van der Waals surface area contributed by atoms with Gasteiger partial charge in [-0.25, -0.2) is 0 Å². The predicted molar refractivity (Wildman–Crippen MR) is 164 cm³/mol. The lowest BCUT2D eigenvalue weighted by Crippen LogP contribution is -2.62. The fourth-order valence-corrected chi connectivity index (χ4v) is 10.6. The molecule has 2 N–H and O–H groups in total. The quantitative estimate of drug-likeness (QED) is 0.309. The molecule has 0 aliphatic heterocycles. The zero-order valence-corrected chi connectivity index (χ0v) is 27.6. The van der Waals surface area contributed by atoms with Crippen LogP contribution in [0.2, 0.25) is 0 Å². The van der Waals surface area contributed by atoms with Gasteiger partial charge in [-0.3, -0.25) is 14.4 Å². The maximum atomic E-state index is 12.8. The molecular formula is C36H58O7. The van der Waals surface area contributed by atoms with E-state index in [0.29, 0.717) is 32.1 Å². The topological polar surface area (TPSA) is 110 Å². The summed E-state index contributed by atoms with van der Waals surface area (Å²) in [7, 11) is 0. The van der Waals surface area contributed by atoms with Crippen LogP contribution in [0.4, 0.5) is 0 Å². The number of hydrogen-bond donors (Lipinski definition) is 2. The number of rotatable bonds is 8. The molecule has 0 heterocycles. The number of carbonyl (C=O) groups excluding carboxylic acids is 3. The smallest absolute Gasteiger partial charge is 0.311 e. The van der Waals surface area contributed by atoms with E-state index in [9.17, 15) is 24.6 Å². The Hall–Kier alpha value is -1.47. The second kappa shape index (κ2) is 12.4. The van der Waals surface area contributed by atoms with Crippen molar-refractivity contribution in [3.63, 3.8) is 0 Å². The summed E-state index contributed by atoms with van der Waals surface area (Å²) in [5.74, 6) is 1.34. The number of esters is 2. The highest BCUT2D eigenvalue weighted by Crippen LogP contribution is 2.68. The van der Waals surface area contributed by atoms with E-state index in [2.05, 4.69) is 20.8 Å². The molecule has 12 atom stereocenters. The monoisotopic (exact) mass is 602 g/mol. The normalized spacial score (nSPS) is 43.6. The Bertz CT molecular complexity index is 1050. The first kappa shape index (κ1) is 32.9. The molecule has 43 heavy (non-hydrogen) atoms. The lowest BCUT2D eigenvalue weighted by atomic mass is 9.43. The maximum absolute atomic E-state index is 12.8. The molecule has 0 saturated heterocycles. The molecule has 0 aromatic rings. The average molecular weight is 603 g/mol. The van der Waals surface area contributed by atoms with Gasteiger partial charge in [-0.05, 0) is 131 Å². The van der Waals surface area contributed by atoms with Crippen molar-refractivity contribution in [2.45, 2.75) is 156 Å². The second-order valence-electron chi connectivity index (χ2n) is 16.4. The summed E-state index contributed by atoms with van der Waals surface area (Å²) in [6, 6.07) is 0. The van der Waals surface area contributed by atoms with Gasteiger partial charge in [0.25, 0.3) is 0 Å². The van der Waals surface area contributed by atoms with E-state index in [1.165, 1.54) is 0 Å². The van der Waals surface area contributed by atoms with Gasteiger partial charge in [0.05, 0.1) is 17.6 Å². The van der Waals surface area contributed by atoms with Gasteiger partial charge >= 0.3 is 11.9 Å². The number of hydrogen-bond acceptors (Lipinski definition) is 7. The summed E-state index contributed by atoms with van der Waals surface area (Å²) in [4.78, 5) is 37.3. The van der Waals surface area contributed by atoms with Crippen LogP contribution >= 0.6 is 0 Å². The standard InChI is InChI=1S/C36H58O7/c1-7-34(3,4)33(41)43-25-15-16-35(5)22(17-25)18-29(38)32-27-13-12-26(36(27,6)30(39)20-28(32)35)21(2)11-14-31(40)42-24-10-8-9-23(37)19-24/h21-22,24-30,32,38-39H,7-20H2,1-6H3/t21?,22?,24?,25-,26?,27?,28?,29?,30-,32?,35-,36+/m0/s1. The fourth-order valence-electron chi connectivity index (χ4n) is 10.6. The molecule has 5 rings (SSSR count). The summed E-state index contributed by atoms with van der Waals surface area (Å²) < 4.78 is 11.7. The van der Waals surface area contributed by atoms with E-state index in [1.807, 2.05) is 20.8 Å². The Morgan fingerprint density at radius 2 is 1.74 bits per heavy atom. The molecule has 0 radical (unpaired) electrons. The van der Waals surface area contributed by atoms with E-state index in [0.717, 1.165) is 57.8 Å². The Labute approximate surface area is 259 Å². The van der Waals surface area contributed by atoms with Crippen molar-refractivity contribution in [3.8, 4) is 0 Å². The number of aliphatic hydroxyl groups is 2. The van der Waals surface area contributed by atoms with Gasteiger partial charge in [0, 0.05) is 19.3 Å². The molecule has 5 aliphatic rings. The van der Waals surface area contributed by atoms with E-state index in [1.54, 1.807) is 0 Å². The van der Waals surface area contributed by atoms with E-state index < -0.39 is 17.6 Å². The van der Waals surface area contributed by atoms with Crippen LogP contribution in [0.3, 0.4) is 0 Å². The van der Waals surface area contributed by atoms with Crippen LogP contribution in [0.1, 0.15) is 131 Å². The lowest BCUT2D eigenvalue weighted by Gasteiger charge is -2.63.